The zero-order valence-electron chi connectivity index (χ0n) is 80.1. The summed E-state index contributed by atoms with van der Waals surface area (Å²) in [6.07, 6.45) is -21.6. The Kier molecular flexibility index (Phi) is 49.6. The number of rotatable bonds is 62. The van der Waals surface area contributed by atoms with Gasteiger partial charge in [-0.15, -0.1) is 20.4 Å². The summed E-state index contributed by atoms with van der Waals surface area (Å²) in [5, 5.41) is 186. The first-order chi connectivity index (χ1) is 68.2. The summed E-state index contributed by atoms with van der Waals surface area (Å²) in [5.41, 5.74) is 3.27. The van der Waals surface area contributed by atoms with Crippen LogP contribution < -0.4 is 75.1 Å². The van der Waals surface area contributed by atoms with Crippen molar-refractivity contribution < 1.29 is 162 Å². The average molecular weight is 2040 g/mol. The number of hydrazine groups is 1. The monoisotopic (exact) mass is 2040 g/mol. The molecule has 4 saturated heterocycles. The molecule has 4 aliphatic rings. The Labute approximate surface area is 819 Å². The van der Waals surface area contributed by atoms with Crippen molar-refractivity contribution in [3.63, 3.8) is 0 Å². The molecule has 0 radical (unpaired) electrons. The molecule has 59 nitrogen and oxygen atoms in total. The molecule has 8 rings (SSSR count). The number of carbonyl (C=O) groups excluding carboxylic acids is 13. The van der Waals surface area contributed by atoms with Crippen LogP contribution in [0.5, 0.6) is 0 Å². The van der Waals surface area contributed by atoms with Crippen molar-refractivity contribution in [3.8, 4) is 0 Å². The second-order valence-electron chi connectivity index (χ2n) is 34.8. The zero-order valence-corrected chi connectivity index (χ0v) is 80.1. The highest BCUT2D eigenvalue weighted by Gasteiger charge is 2.47. The first-order valence-electron chi connectivity index (χ1n) is 47.4. The quantitative estimate of drug-likeness (QED) is 0.00845. The summed E-state index contributed by atoms with van der Waals surface area (Å²) in [6, 6.07) is -5.27. The van der Waals surface area contributed by atoms with Gasteiger partial charge in [0.1, 0.15) is 120 Å². The van der Waals surface area contributed by atoms with Gasteiger partial charge in [-0.05, 0) is 85.5 Å². The number of nitrogens with one attached hydrogen (secondary N) is 13. The molecule has 143 heavy (non-hydrogen) atoms. The summed E-state index contributed by atoms with van der Waals surface area (Å²) in [7, 11) is 0. The maximum absolute atomic E-state index is 14.1. The maximum Gasteiger partial charge on any atom is 0.242 e. The Morgan fingerprint density at radius 3 is 0.790 bits per heavy atom. The number of carbonyl (C=O) groups is 13. The summed E-state index contributed by atoms with van der Waals surface area (Å²) in [5.74, 6) is -3.08. The van der Waals surface area contributed by atoms with E-state index in [4.69, 9.17) is 43.7 Å². The highest BCUT2D eigenvalue weighted by Crippen LogP contribution is 2.27. The third-order valence-corrected chi connectivity index (χ3v) is 23.3. The molecule has 24 atom stereocenters. The Balaban J connectivity index is 0.846. The third kappa shape index (κ3) is 40.1. The van der Waals surface area contributed by atoms with Gasteiger partial charge < -0.3 is 163 Å². The minimum atomic E-state index is -1.55. The van der Waals surface area contributed by atoms with E-state index in [1.165, 1.54) is 78.1 Å². The van der Waals surface area contributed by atoms with E-state index in [1.54, 1.807) is 0 Å². The Morgan fingerprint density at radius 1 is 0.308 bits per heavy atom. The van der Waals surface area contributed by atoms with Gasteiger partial charge in [-0.2, -0.15) is 0 Å². The summed E-state index contributed by atoms with van der Waals surface area (Å²) >= 11 is 0. The number of aliphatic hydroxyl groups is 12. The highest BCUT2D eigenvalue weighted by molar-refractivity contribution is 5.91. The number of aromatic nitrogens is 12. The molecule has 59 heteroatoms. The van der Waals surface area contributed by atoms with Crippen molar-refractivity contribution in [2.75, 3.05) is 52.6 Å². The molecule has 4 aromatic heterocycles. The third-order valence-electron chi connectivity index (χ3n) is 23.3. The highest BCUT2D eigenvalue weighted by atomic mass is 16.7. The van der Waals surface area contributed by atoms with Gasteiger partial charge >= 0.3 is 0 Å². The number of ether oxygens (including phenoxy) is 8. The van der Waals surface area contributed by atoms with E-state index in [0.717, 1.165) is 0 Å². The Bertz CT molecular complexity index is 4670. The number of amides is 13. The number of hydrogen-bond acceptors (Lipinski definition) is 42. The van der Waals surface area contributed by atoms with E-state index >= 15 is 0 Å². The van der Waals surface area contributed by atoms with Crippen molar-refractivity contribution >= 4 is 76.8 Å². The van der Waals surface area contributed by atoms with Crippen LogP contribution in [0.2, 0.25) is 0 Å². The zero-order chi connectivity index (χ0) is 104. The van der Waals surface area contributed by atoms with Gasteiger partial charge in [0.05, 0.1) is 128 Å². The molecule has 0 aliphatic carbocycles. The Hall–Kier alpha value is -11.2. The van der Waals surface area contributed by atoms with Crippen LogP contribution in [0, 0.1) is 0 Å². The SMILES string of the molecule is CC(=O)NC(CCC(=O)NCc1cn(CCO[C@@H]2O[C@@H](C)[C@@H](O)[C@@H](O)[C@@H]2O)nn1)C(=O)NCCCC(=O)NC(CCC(=O)NCc1cn(CCO[C@@H]2O[C@@H](C)[C@@H](O)[C@@H](O)[C@@H]2O)nn1)C(=O)NCCCC(=O)NC(CCC(=O)NCc1cn(CCO[C@@H]2O[C@@H](C)[C@@H](O)[C@@H](O)[C@@H]2O)nn1)C(=O)NCCCC(=O)NC(CCC(=O)NCc1cn(CCO[C@@H]2O[C@@H](C)[C@@H](O)[C@@H](O)[C@@H]2O)nn1)C(=O)NCCCCCC(=O)NN. The molecule has 0 spiro atoms. The van der Waals surface area contributed by atoms with E-state index in [0.29, 0.717) is 30.7 Å². The van der Waals surface area contributed by atoms with Crippen LogP contribution >= 0.6 is 0 Å². The van der Waals surface area contributed by atoms with Crippen LogP contribution in [0.4, 0.5) is 0 Å². The van der Waals surface area contributed by atoms with E-state index in [2.05, 4.69) is 105 Å². The van der Waals surface area contributed by atoms with Crippen molar-refractivity contribution in [1.29, 1.82) is 0 Å². The summed E-state index contributed by atoms with van der Waals surface area (Å²) < 4.78 is 49.6. The lowest BCUT2D eigenvalue weighted by Gasteiger charge is -2.38. The van der Waals surface area contributed by atoms with E-state index < -0.39 is 218 Å². The molecular formula is C84H138N26O33. The lowest BCUT2D eigenvalue weighted by Crippen LogP contribution is -2.57. The molecule has 4 unspecified atom stereocenters. The van der Waals surface area contributed by atoms with Crippen molar-refractivity contribution in [1.82, 2.24) is 129 Å². The molecular weight excluding hydrogens is 1900 g/mol. The maximum atomic E-state index is 14.1. The topological polar surface area (TPSA) is 844 Å². The second-order valence-corrected chi connectivity index (χ2v) is 34.8. The summed E-state index contributed by atoms with van der Waals surface area (Å²) in [4.78, 5) is 174. The molecule has 0 saturated carbocycles. The van der Waals surface area contributed by atoms with Crippen LogP contribution in [0.3, 0.4) is 0 Å². The fourth-order valence-corrected chi connectivity index (χ4v) is 14.8. The van der Waals surface area contributed by atoms with Gasteiger partial charge in [0.15, 0.2) is 25.2 Å². The van der Waals surface area contributed by atoms with Crippen molar-refractivity contribution in [3.05, 3.63) is 47.6 Å². The molecule has 27 N–H and O–H groups in total. The van der Waals surface area contributed by atoms with Gasteiger partial charge in [0.2, 0.25) is 76.8 Å². The molecule has 4 aromatic rings. The van der Waals surface area contributed by atoms with Crippen molar-refractivity contribution in [2.45, 2.75) is 350 Å². The second kappa shape index (κ2) is 60.6. The number of unbranched alkanes of at least 4 members (excludes halogenated alkanes) is 2. The van der Waals surface area contributed by atoms with Gasteiger partial charge in [-0.1, -0.05) is 27.3 Å². The predicted octanol–water partition coefficient (Wildman–Crippen LogP) is -12.6. The minimum Gasteiger partial charge on any atom is -0.388 e. The minimum absolute atomic E-state index is 0.0287. The number of nitrogens with two attached hydrogens (primary N) is 1. The predicted molar refractivity (Wildman–Crippen MR) is 482 cm³/mol. The molecule has 8 heterocycles. The van der Waals surface area contributed by atoms with Crippen LogP contribution in [0.25, 0.3) is 0 Å². The first-order valence-corrected chi connectivity index (χ1v) is 47.4. The van der Waals surface area contributed by atoms with E-state index in [9.17, 15) is 124 Å². The largest absolute Gasteiger partial charge is 0.388 e. The Morgan fingerprint density at radius 2 is 0.545 bits per heavy atom. The fraction of sp³-hybridized carbons (Fsp3) is 0.750. The lowest BCUT2D eigenvalue weighted by molar-refractivity contribution is -0.293. The van der Waals surface area contributed by atoms with Gasteiger partial charge in [-0.25, -0.2) is 24.6 Å². The standard InChI is InChI=1S/C84H138N26O33/c1-44-65(120)69(124)73(128)81(140-44)136-32-28-107-40-49(99-103-107)36-90-57(112)20-16-53(94-48(5)111)77(132)87-25-9-13-62(117)96-55(18-22-59(114)92-38-51-42-109(105-101-51)30-34-138-83-75(130)71(126)67(122)46(3)142-83)79(134)89-27-11-15-63(118)97-56(19-23-60(115)93-39-52-43-110(106-102-52)31-35-139-84-76(131)72(127)68(123)47(4)143-84)80(135)88-26-10-14-61(116)95-54(78(133)86-24-8-6-7-12-64(119)98-85)17-21-58(113)91-37-50-41-108(104-100-50)29-33-137-82-74(129)70(125)66(121)45(2)141-82/h40-47,53-56,65-76,81-84,120-131H,6-39,85H2,1-5H3,(H,86,133)(H,87,132)(H,88,135)(H,89,134)(H,90,112)(H,91,113)(H,92,114)(H,93,115)(H,94,111)(H,95,116)(H,96,117)(H,97,118)(H,98,119)/t44-,45-,46-,47-,53?,54?,55?,56?,65+,66+,67+,68+,69+,70+,71+,72+,73-,74-,75-,76-,81+,82+,83+,84+/m0/s1. The van der Waals surface area contributed by atoms with E-state index in [-0.39, 0.29) is 219 Å². The number of hydrogen-bond donors (Lipinski definition) is 26. The van der Waals surface area contributed by atoms with Crippen molar-refractivity contribution in [2.24, 2.45) is 5.84 Å². The van der Waals surface area contributed by atoms with Gasteiger partial charge in [-0.3, -0.25) is 67.8 Å². The fourth-order valence-electron chi connectivity index (χ4n) is 14.8. The molecule has 4 fully saturated rings. The van der Waals surface area contributed by atoms with E-state index in [1.807, 2.05) is 5.43 Å². The van der Waals surface area contributed by atoms with Crippen LogP contribution in [0.15, 0.2) is 24.8 Å². The summed E-state index contributed by atoms with van der Waals surface area (Å²) in [6.45, 7) is 6.36. The smallest absolute Gasteiger partial charge is 0.242 e. The van der Waals surface area contributed by atoms with Crippen LogP contribution in [-0.4, -0.2) is 398 Å². The van der Waals surface area contributed by atoms with Crippen LogP contribution in [-0.2, 0) is 153 Å². The molecule has 0 bridgehead atoms. The molecule has 13 amide bonds. The average Bonchev–Trinajstić information content (AvgIpc) is 1.72. The first kappa shape index (κ1) is 117. The normalized spacial score (nSPS) is 25.1. The molecule has 4 aliphatic heterocycles. The molecule has 802 valence electrons. The number of aliphatic hydroxyl groups excluding tert-OH is 12. The molecule has 0 aromatic carbocycles. The number of nitrogens with zero attached hydrogens (tertiary/aromatic N) is 12. The van der Waals surface area contributed by atoms with Crippen LogP contribution in [0.1, 0.15) is 173 Å². The van der Waals surface area contributed by atoms with Gasteiger partial charge in [0, 0.05) is 84.5 Å². The lowest BCUT2D eigenvalue weighted by atomic mass is 10.0. The van der Waals surface area contributed by atoms with Gasteiger partial charge in [0.25, 0.3) is 0 Å².